The molecule has 6 nitrogen and oxygen atoms in total. The van der Waals surface area contributed by atoms with Crippen LogP contribution in [0.15, 0.2) is 6.20 Å². The minimum absolute atomic E-state index is 0.0265. The van der Waals surface area contributed by atoms with E-state index in [1.54, 1.807) is 6.20 Å². The monoisotopic (exact) mass is 291 g/mol. The summed E-state index contributed by atoms with van der Waals surface area (Å²) in [6.07, 6.45) is 4.29. The molecule has 1 aliphatic heterocycles. The molecule has 1 atom stereocenters. The minimum atomic E-state index is -0.0265. The van der Waals surface area contributed by atoms with Crippen molar-refractivity contribution in [3.8, 4) is 0 Å². The number of thiazole rings is 1. The maximum absolute atomic E-state index is 12.2. The number of hydrogen-bond acceptors (Lipinski definition) is 5. The van der Waals surface area contributed by atoms with Gasteiger partial charge >= 0.3 is 0 Å². The second kappa shape index (κ2) is 5.32. The summed E-state index contributed by atoms with van der Waals surface area (Å²) in [5.74, 6) is 1.89. The van der Waals surface area contributed by atoms with E-state index >= 15 is 0 Å². The summed E-state index contributed by atoms with van der Waals surface area (Å²) >= 11 is 1.47. The topological polar surface area (TPSA) is 72.7 Å². The lowest BCUT2D eigenvalue weighted by Crippen LogP contribution is -2.41. The number of fused-ring (bicyclic) bond motifs is 1. The van der Waals surface area contributed by atoms with Crippen LogP contribution in [0.25, 0.3) is 0 Å². The maximum Gasteiger partial charge on any atom is 0.263 e. The van der Waals surface area contributed by atoms with Crippen molar-refractivity contribution in [2.24, 2.45) is 0 Å². The van der Waals surface area contributed by atoms with Gasteiger partial charge in [-0.1, -0.05) is 6.92 Å². The summed E-state index contributed by atoms with van der Waals surface area (Å²) < 4.78 is 2.08. The maximum atomic E-state index is 12.2. The van der Waals surface area contributed by atoms with E-state index in [9.17, 15) is 4.79 Å². The number of nitrogens with zero attached hydrogens (tertiary/aromatic N) is 4. The average Bonchev–Trinajstić information content (AvgIpc) is 3.06. The molecule has 1 N–H and O–H groups in total. The largest absolute Gasteiger partial charge is 0.347 e. The van der Waals surface area contributed by atoms with Crippen molar-refractivity contribution < 1.29 is 4.79 Å². The average molecular weight is 291 g/mol. The second-order valence-electron chi connectivity index (χ2n) is 4.95. The highest BCUT2D eigenvalue weighted by Gasteiger charge is 2.23. The molecule has 0 unspecified atom stereocenters. The van der Waals surface area contributed by atoms with Gasteiger partial charge in [0.25, 0.3) is 5.91 Å². The van der Waals surface area contributed by atoms with Gasteiger partial charge in [0.05, 0.1) is 11.2 Å². The Kier molecular flexibility index (Phi) is 3.52. The molecule has 106 valence electrons. The number of hydrogen-bond donors (Lipinski definition) is 1. The molecule has 0 fully saturated rings. The van der Waals surface area contributed by atoms with E-state index in [0.717, 1.165) is 42.5 Å². The first-order valence-corrected chi connectivity index (χ1v) is 7.63. The molecular weight excluding hydrogens is 274 g/mol. The van der Waals surface area contributed by atoms with Crippen molar-refractivity contribution in [1.82, 2.24) is 25.1 Å². The highest BCUT2D eigenvalue weighted by molar-refractivity contribution is 7.13. The number of aryl methyl sites for hydroxylation is 3. The third-order valence-electron chi connectivity index (χ3n) is 3.55. The Hall–Kier alpha value is -1.76. The predicted molar refractivity (Wildman–Crippen MR) is 75.8 cm³/mol. The fourth-order valence-electron chi connectivity index (χ4n) is 2.42. The van der Waals surface area contributed by atoms with Gasteiger partial charge in [0.2, 0.25) is 0 Å². The molecule has 3 rings (SSSR count). The van der Waals surface area contributed by atoms with Crippen LogP contribution in [-0.4, -0.2) is 31.7 Å². The van der Waals surface area contributed by atoms with Gasteiger partial charge in [-0.25, -0.2) is 4.98 Å². The van der Waals surface area contributed by atoms with Gasteiger partial charge in [0.15, 0.2) is 0 Å². The molecule has 0 spiro atoms. The molecule has 0 radical (unpaired) electrons. The zero-order chi connectivity index (χ0) is 14.1. The van der Waals surface area contributed by atoms with Crippen LogP contribution in [0.1, 0.15) is 39.7 Å². The van der Waals surface area contributed by atoms with Gasteiger partial charge in [0, 0.05) is 19.0 Å². The van der Waals surface area contributed by atoms with E-state index in [1.165, 1.54) is 11.3 Å². The van der Waals surface area contributed by atoms with Crippen LogP contribution in [0.5, 0.6) is 0 Å². The van der Waals surface area contributed by atoms with Crippen molar-refractivity contribution >= 4 is 17.2 Å². The fraction of sp³-hybridized carbons (Fsp3) is 0.538. The molecule has 2 aromatic rings. The Morgan fingerprint density at radius 2 is 2.40 bits per heavy atom. The van der Waals surface area contributed by atoms with Gasteiger partial charge in [0.1, 0.15) is 16.5 Å². The molecule has 0 saturated heterocycles. The van der Waals surface area contributed by atoms with Crippen molar-refractivity contribution in [3.05, 3.63) is 27.7 Å². The van der Waals surface area contributed by atoms with Gasteiger partial charge in [-0.15, -0.1) is 21.5 Å². The van der Waals surface area contributed by atoms with E-state index in [-0.39, 0.29) is 11.9 Å². The van der Waals surface area contributed by atoms with E-state index in [4.69, 9.17) is 0 Å². The minimum Gasteiger partial charge on any atom is -0.347 e. The molecule has 7 heteroatoms. The molecule has 20 heavy (non-hydrogen) atoms. The number of carbonyl (C=O) groups excluding carboxylic acids is 1. The molecule has 0 saturated carbocycles. The van der Waals surface area contributed by atoms with Crippen LogP contribution in [0.4, 0.5) is 0 Å². The summed E-state index contributed by atoms with van der Waals surface area (Å²) in [7, 11) is 0. The van der Waals surface area contributed by atoms with Crippen LogP contribution in [0.3, 0.4) is 0 Å². The van der Waals surface area contributed by atoms with E-state index < -0.39 is 0 Å². The molecule has 0 aromatic carbocycles. The summed E-state index contributed by atoms with van der Waals surface area (Å²) in [5, 5.41) is 12.3. The van der Waals surface area contributed by atoms with Crippen molar-refractivity contribution in [1.29, 1.82) is 0 Å². The fourth-order valence-corrected chi connectivity index (χ4v) is 3.18. The quantitative estimate of drug-likeness (QED) is 0.926. The number of rotatable bonds is 3. The molecule has 3 heterocycles. The first kappa shape index (κ1) is 13.2. The smallest absolute Gasteiger partial charge is 0.263 e. The van der Waals surface area contributed by atoms with Crippen LogP contribution in [0, 0.1) is 6.92 Å². The zero-order valence-electron chi connectivity index (χ0n) is 11.6. The molecular formula is C13H17N5OS. The highest BCUT2D eigenvalue weighted by Crippen LogP contribution is 2.17. The van der Waals surface area contributed by atoms with Crippen LogP contribution < -0.4 is 5.32 Å². The number of carbonyl (C=O) groups is 1. The highest BCUT2D eigenvalue weighted by atomic mass is 32.1. The first-order chi connectivity index (χ1) is 9.67. The summed E-state index contributed by atoms with van der Waals surface area (Å²) in [6.45, 7) is 4.73. The lowest BCUT2D eigenvalue weighted by Gasteiger charge is -2.24. The van der Waals surface area contributed by atoms with Gasteiger partial charge in [-0.05, 0) is 19.8 Å². The lowest BCUT2D eigenvalue weighted by atomic mass is 10.1. The van der Waals surface area contributed by atoms with Crippen LogP contribution >= 0.6 is 11.3 Å². The Labute approximate surface area is 121 Å². The van der Waals surface area contributed by atoms with Crippen molar-refractivity contribution in [2.75, 3.05) is 0 Å². The SMILES string of the molecule is CCc1ncc(C(=O)N[C@@H]2CCc3nnc(C)n3C2)s1. The van der Waals surface area contributed by atoms with Crippen LogP contribution in [0.2, 0.25) is 0 Å². The third kappa shape index (κ3) is 2.45. The van der Waals surface area contributed by atoms with Crippen molar-refractivity contribution in [3.63, 3.8) is 0 Å². The van der Waals surface area contributed by atoms with E-state index in [1.807, 2.05) is 13.8 Å². The van der Waals surface area contributed by atoms with E-state index in [2.05, 4.69) is 25.1 Å². The lowest BCUT2D eigenvalue weighted by molar-refractivity contribution is 0.0931. The normalized spacial score (nSPS) is 17.8. The summed E-state index contributed by atoms with van der Waals surface area (Å²) in [5.41, 5.74) is 0. The summed E-state index contributed by atoms with van der Waals surface area (Å²) in [6, 6.07) is 0.136. The number of aromatic nitrogens is 4. The van der Waals surface area contributed by atoms with Crippen LogP contribution in [-0.2, 0) is 19.4 Å². The Balaban J connectivity index is 1.67. The predicted octanol–water partition coefficient (Wildman–Crippen LogP) is 1.35. The molecule has 1 amide bonds. The standard InChI is InChI=1S/C13H17N5OS/c1-3-12-14-6-10(20-12)13(19)15-9-4-5-11-17-16-8(2)18(11)7-9/h6,9H,3-5,7H2,1-2H3,(H,15,19)/t9-/m1/s1. The number of amides is 1. The molecule has 2 aromatic heterocycles. The Morgan fingerprint density at radius 3 is 3.15 bits per heavy atom. The second-order valence-corrected chi connectivity index (χ2v) is 6.07. The van der Waals surface area contributed by atoms with Gasteiger partial charge in [-0.2, -0.15) is 0 Å². The Morgan fingerprint density at radius 1 is 1.55 bits per heavy atom. The van der Waals surface area contributed by atoms with Gasteiger partial charge in [-0.3, -0.25) is 4.79 Å². The van der Waals surface area contributed by atoms with Crippen molar-refractivity contribution in [2.45, 2.75) is 45.7 Å². The molecule has 0 bridgehead atoms. The Bertz CT molecular complexity index is 632. The first-order valence-electron chi connectivity index (χ1n) is 6.81. The third-order valence-corrected chi connectivity index (χ3v) is 4.69. The summed E-state index contributed by atoms with van der Waals surface area (Å²) in [4.78, 5) is 17.1. The zero-order valence-corrected chi connectivity index (χ0v) is 12.4. The van der Waals surface area contributed by atoms with E-state index in [0.29, 0.717) is 4.88 Å². The number of nitrogens with one attached hydrogen (secondary N) is 1. The molecule has 0 aliphatic carbocycles. The van der Waals surface area contributed by atoms with Gasteiger partial charge < -0.3 is 9.88 Å². The molecule has 1 aliphatic rings.